The van der Waals surface area contributed by atoms with Crippen molar-refractivity contribution < 1.29 is 22.6 Å². The van der Waals surface area contributed by atoms with Crippen molar-refractivity contribution in [1.29, 1.82) is 0 Å². The van der Waals surface area contributed by atoms with Gasteiger partial charge in [0.25, 0.3) is 0 Å². The first kappa shape index (κ1) is 19.8. The monoisotopic (exact) mass is 385 g/mol. The molecule has 1 N–H and O–H groups in total. The Kier molecular flexibility index (Phi) is 6.49. The number of hydrazine groups is 1. The molecule has 0 radical (unpaired) electrons. The molecule has 8 heteroatoms. The third kappa shape index (κ3) is 5.77. The van der Waals surface area contributed by atoms with Gasteiger partial charge in [-0.15, -0.1) is 13.2 Å². The minimum Gasteiger partial charge on any atom is -0.406 e. The van der Waals surface area contributed by atoms with Gasteiger partial charge in [0.15, 0.2) is 0 Å². The lowest BCUT2D eigenvalue weighted by Gasteiger charge is -2.26. The molecule has 2 aliphatic heterocycles. The van der Waals surface area contributed by atoms with Gasteiger partial charge in [0.2, 0.25) is 0 Å². The van der Waals surface area contributed by atoms with Crippen LogP contribution in [0.25, 0.3) is 0 Å². The molecule has 2 aliphatic rings. The summed E-state index contributed by atoms with van der Waals surface area (Å²) in [6.45, 7) is 7.52. The van der Waals surface area contributed by atoms with Crippen molar-refractivity contribution in [1.82, 2.24) is 10.3 Å². The number of anilines is 1. The first-order chi connectivity index (χ1) is 12.9. The summed E-state index contributed by atoms with van der Waals surface area (Å²) < 4.78 is 46.1. The number of alkyl halides is 3. The molecule has 0 bridgehead atoms. The number of benzene rings is 1. The van der Waals surface area contributed by atoms with Gasteiger partial charge in [0.05, 0.1) is 25.4 Å². The van der Waals surface area contributed by atoms with Gasteiger partial charge in [-0.05, 0) is 55.6 Å². The van der Waals surface area contributed by atoms with Gasteiger partial charge in [-0.25, -0.2) is 0 Å². The molecule has 3 rings (SSSR count). The van der Waals surface area contributed by atoms with Crippen molar-refractivity contribution in [3.8, 4) is 5.75 Å². The highest BCUT2D eigenvalue weighted by Crippen LogP contribution is 2.28. The molecule has 0 amide bonds. The molecule has 1 aromatic rings. The van der Waals surface area contributed by atoms with Crippen LogP contribution < -0.4 is 15.2 Å². The molecule has 27 heavy (non-hydrogen) atoms. The molecule has 0 spiro atoms. The Morgan fingerprint density at radius 3 is 2.48 bits per heavy atom. The maximum atomic E-state index is 12.3. The molecule has 0 unspecified atom stereocenters. The molecule has 0 saturated carbocycles. The number of rotatable bonds is 7. The summed E-state index contributed by atoms with van der Waals surface area (Å²) in [4.78, 5) is 2.42. The average molecular weight is 385 g/mol. The maximum Gasteiger partial charge on any atom is 0.573 e. The molecule has 0 atom stereocenters. The van der Waals surface area contributed by atoms with E-state index >= 15 is 0 Å². The zero-order valence-electron chi connectivity index (χ0n) is 15.5. The van der Waals surface area contributed by atoms with Crippen molar-refractivity contribution in [3.63, 3.8) is 0 Å². The van der Waals surface area contributed by atoms with Crippen LogP contribution in [0.3, 0.4) is 0 Å². The quantitative estimate of drug-likeness (QED) is 0.775. The number of halogens is 3. The minimum atomic E-state index is -4.67. The molecule has 1 fully saturated rings. The van der Waals surface area contributed by atoms with Crippen molar-refractivity contribution in [2.24, 2.45) is 0 Å². The van der Waals surface area contributed by atoms with Gasteiger partial charge >= 0.3 is 6.36 Å². The van der Waals surface area contributed by atoms with Crippen LogP contribution in [0, 0.1) is 0 Å². The fourth-order valence-electron chi connectivity index (χ4n) is 3.41. The molecule has 1 saturated heterocycles. The van der Waals surface area contributed by atoms with Crippen LogP contribution in [0.2, 0.25) is 0 Å². The first-order valence-corrected chi connectivity index (χ1v) is 9.35. The highest BCUT2D eigenvalue weighted by molar-refractivity contribution is 5.52. The predicted molar refractivity (Wildman–Crippen MR) is 97.4 cm³/mol. The average Bonchev–Trinajstić information content (AvgIpc) is 3.05. The van der Waals surface area contributed by atoms with Gasteiger partial charge in [-0.3, -0.25) is 9.91 Å². The van der Waals surface area contributed by atoms with Gasteiger partial charge < -0.3 is 14.9 Å². The summed E-state index contributed by atoms with van der Waals surface area (Å²) in [6, 6.07) is 5.95. The second-order valence-corrected chi connectivity index (χ2v) is 6.73. The first-order valence-electron chi connectivity index (χ1n) is 9.35. The number of hydrogen-bond donors (Lipinski definition) is 1. The lowest BCUT2D eigenvalue weighted by atomic mass is 10.1. The standard InChI is InChI=1S/C19H26F3N3O2/c1-2-15-14-25(16-5-7-17(8-6-16)27-19(20,21)22)23-18(15)4-3-9-24-10-12-26-13-11-24/h5-8,23H,2-4,9-14H2,1H3. The number of nitrogens with one attached hydrogen (secondary N) is 1. The topological polar surface area (TPSA) is 37.0 Å². The molecule has 0 aliphatic carbocycles. The highest BCUT2D eigenvalue weighted by Gasteiger charge is 2.31. The summed E-state index contributed by atoms with van der Waals surface area (Å²) in [6.07, 6.45) is -1.69. The number of hydrogen-bond acceptors (Lipinski definition) is 5. The Bertz CT molecular complexity index is 641. The Hall–Kier alpha value is -1.93. The summed E-state index contributed by atoms with van der Waals surface area (Å²) in [5, 5.41) is 1.97. The smallest absolute Gasteiger partial charge is 0.406 e. The van der Waals surface area contributed by atoms with Gasteiger partial charge in [0, 0.05) is 18.8 Å². The van der Waals surface area contributed by atoms with E-state index in [9.17, 15) is 13.2 Å². The van der Waals surface area contributed by atoms with Crippen LogP contribution in [0.4, 0.5) is 18.9 Å². The molecule has 0 aromatic heterocycles. The molecule has 150 valence electrons. The number of allylic oxidation sites excluding steroid dienone is 1. The van der Waals surface area contributed by atoms with E-state index in [2.05, 4.69) is 22.0 Å². The van der Waals surface area contributed by atoms with Crippen LogP contribution in [0.15, 0.2) is 35.5 Å². The Morgan fingerprint density at radius 1 is 1.15 bits per heavy atom. The van der Waals surface area contributed by atoms with Gasteiger partial charge in [0.1, 0.15) is 5.75 Å². The Balaban J connectivity index is 1.52. The van der Waals surface area contributed by atoms with E-state index in [1.807, 2.05) is 5.01 Å². The molecular weight excluding hydrogens is 359 g/mol. The SMILES string of the molecule is CCC1=C(CCCN2CCOCC2)NN(c2ccc(OC(F)(F)F)cc2)C1. The van der Waals surface area contributed by atoms with Crippen molar-refractivity contribution in [3.05, 3.63) is 35.5 Å². The fourth-order valence-corrected chi connectivity index (χ4v) is 3.41. The van der Waals surface area contributed by atoms with Crippen LogP contribution in [-0.4, -0.2) is 50.7 Å². The fraction of sp³-hybridized carbons (Fsp3) is 0.579. The number of nitrogens with zero attached hydrogens (tertiary/aromatic N) is 2. The Labute approximate surface area is 157 Å². The van der Waals surface area contributed by atoms with E-state index < -0.39 is 6.36 Å². The number of morpholine rings is 1. The van der Waals surface area contributed by atoms with Crippen LogP contribution in [-0.2, 0) is 4.74 Å². The van der Waals surface area contributed by atoms with E-state index in [1.165, 1.54) is 23.4 Å². The molecule has 5 nitrogen and oxygen atoms in total. The summed E-state index contributed by atoms with van der Waals surface area (Å²) in [7, 11) is 0. The molecule has 1 aromatic carbocycles. The predicted octanol–water partition coefficient (Wildman–Crippen LogP) is 3.69. The van der Waals surface area contributed by atoms with Crippen molar-refractivity contribution in [2.75, 3.05) is 44.4 Å². The van der Waals surface area contributed by atoms with E-state index in [0.717, 1.165) is 64.3 Å². The van der Waals surface area contributed by atoms with Gasteiger partial charge in [-0.2, -0.15) is 0 Å². The normalized spacial score (nSPS) is 18.7. The second-order valence-electron chi connectivity index (χ2n) is 6.73. The second kappa shape index (κ2) is 8.84. The highest BCUT2D eigenvalue weighted by atomic mass is 19.4. The largest absolute Gasteiger partial charge is 0.573 e. The van der Waals surface area contributed by atoms with Crippen LogP contribution in [0.1, 0.15) is 26.2 Å². The summed E-state index contributed by atoms with van der Waals surface area (Å²) in [5.41, 5.74) is 6.80. The van der Waals surface area contributed by atoms with E-state index in [4.69, 9.17) is 4.74 Å². The van der Waals surface area contributed by atoms with Crippen LogP contribution in [0.5, 0.6) is 5.75 Å². The van der Waals surface area contributed by atoms with E-state index in [-0.39, 0.29) is 5.75 Å². The zero-order chi connectivity index (χ0) is 19.3. The number of ether oxygens (including phenoxy) is 2. The summed E-state index contributed by atoms with van der Waals surface area (Å²) in [5.74, 6) is -0.208. The van der Waals surface area contributed by atoms with Gasteiger partial charge in [-0.1, -0.05) is 6.92 Å². The molecular formula is C19H26F3N3O2. The lowest BCUT2D eigenvalue weighted by Crippen LogP contribution is -2.37. The third-order valence-electron chi connectivity index (χ3n) is 4.86. The van der Waals surface area contributed by atoms with E-state index in [1.54, 1.807) is 12.1 Å². The van der Waals surface area contributed by atoms with Crippen molar-refractivity contribution in [2.45, 2.75) is 32.5 Å². The Morgan fingerprint density at radius 2 is 1.85 bits per heavy atom. The third-order valence-corrected chi connectivity index (χ3v) is 4.86. The van der Waals surface area contributed by atoms with E-state index in [0.29, 0.717) is 0 Å². The maximum absolute atomic E-state index is 12.3. The van der Waals surface area contributed by atoms with Crippen molar-refractivity contribution >= 4 is 5.69 Å². The zero-order valence-corrected chi connectivity index (χ0v) is 15.5. The lowest BCUT2D eigenvalue weighted by molar-refractivity contribution is -0.274. The molecule has 2 heterocycles. The minimum absolute atomic E-state index is 0.208. The van der Waals surface area contributed by atoms with Crippen LogP contribution >= 0.6 is 0 Å². The summed E-state index contributed by atoms with van der Waals surface area (Å²) >= 11 is 0.